The molecule has 1 saturated heterocycles. The van der Waals surface area contributed by atoms with Crippen LogP contribution in [0.1, 0.15) is 46.8 Å². The molecule has 5 rings (SSSR count). The van der Waals surface area contributed by atoms with Gasteiger partial charge in [0.25, 0.3) is 0 Å². The van der Waals surface area contributed by atoms with E-state index in [2.05, 4.69) is 21.1 Å². The Balaban J connectivity index is 1.20. The minimum Gasteiger partial charge on any atom is -0.360 e. The van der Waals surface area contributed by atoms with E-state index in [1.807, 2.05) is 6.07 Å². The Morgan fingerprint density at radius 3 is 2.87 bits per heavy atom. The van der Waals surface area contributed by atoms with Crippen LogP contribution in [0.3, 0.4) is 0 Å². The Morgan fingerprint density at radius 1 is 1.23 bits per heavy atom. The van der Waals surface area contributed by atoms with E-state index >= 15 is 0 Å². The number of carbonyl (C=O) groups is 1. The molecule has 2 aromatic heterocycles. The third kappa shape index (κ3) is 3.71. The molecule has 31 heavy (non-hydrogen) atoms. The van der Waals surface area contributed by atoms with E-state index in [1.54, 1.807) is 24.4 Å². The SMILES string of the molecule is N#Cc1ccc2[nH]cc(C(=O)CCN3CCC(c4noc5cc(F)ccc45)CC3)c2c1. The Bertz CT molecular complexity index is 1310. The molecule has 1 N–H and O–H groups in total. The van der Waals surface area contributed by atoms with Crippen LogP contribution in [0, 0.1) is 17.1 Å². The van der Waals surface area contributed by atoms with Crippen LogP contribution in [-0.4, -0.2) is 40.5 Å². The van der Waals surface area contributed by atoms with Crippen molar-refractivity contribution < 1.29 is 13.7 Å². The van der Waals surface area contributed by atoms with Gasteiger partial charge in [0.05, 0.1) is 17.3 Å². The number of carbonyl (C=O) groups excluding carboxylic acids is 1. The van der Waals surface area contributed by atoms with Gasteiger partial charge >= 0.3 is 0 Å². The van der Waals surface area contributed by atoms with E-state index in [0.717, 1.165) is 47.9 Å². The van der Waals surface area contributed by atoms with Gasteiger partial charge in [-0.15, -0.1) is 0 Å². The highest BCUT2D eigenvalue weighted by molar-refractivity contribution is 6.08. The maximum absolute atomic E-state index is 13.4. The number of halogens is 1. The number of Topliss-reactive ketones (excluding diaryl/α,β-unsaturated/α-hetero) is 1. The lowest BCUT2D eigenvalue weighted by Crippen LogP contribution is -2.34. The fraction of sp³-hybridized carbons (Fsp3) is 0.292. The van der Waals surface area contributed by atoms with Crippen LogP contribution in [0.2, 0.25) is 0 Å². The highest BCUT2D eigenvalue weighted by Gasteiger charge is 2.25. The van der Waals surface area contributed by atoms with Crippen LogP contribution in [0.25, 0.3) is 21.9 Å². The van der Waals surface area contributed by atoms with Gasteiger partial charge < -0.3 is 14.4 Å². The first-order chi connectivity index (χ1) is 15.1. The zero-order valence-electron chi connectivity index (χ0n) is 16.9. The average Bonchev–Trinajstić information content (AvgIpc) is 3.41. The molecule has 0 atom stereocenters. The van der Waals surface area contributed by atoms with Crippen molar-refractivity contribution in [3.8, 4) is 6.07 Å². The van der Waals surface area contributed by atoms with Crippen LogP contribution >= 0.6 is 0 Å². The second kappa shape index (κ2) is 7.97. The molecule has 1 fully saturated rings. The van der Waals surface area contributed by atoms with Crippen LogP contribution in [-0.2, 0) is 0 Å². The summed E-state index contributed by atoms with van der Waals surface area (Å²) in [7, 11) is 0. The first-order valence-electron chi connectivity index (χ1n) is 10.4. The molecule has 7 heteroatoms. The van der Waals surface area contributed by atoms with Gasteiger partial charge in [-0.3, -0.25) is 4.79 Å². The molecule has 0 amide bonds. The largest absolute Gasteiger partial charge is 0.360 e. The molecular weight excluding hydrogens is 395 g/mol. The van der Waals surface area contributed by atoms with Gasteiger partial charge in [-0.05, 0) is 56.3 Å². The van der Waals surface area contributed by atoms with E-state index in [1.165, 1.54) is 12.1 Å². The maximum Gasteiger partial charge on any atom is 0.170 e. The van der Waals surface area contributed by atoms with Crippen molar-refractivity contribution in [2.45, 2.75) is 25.2 Å². The molecule has 4 aromatic rings. The minimum absolute atomic E-state index is 0.0768. The number of fused-ring (bicyclic) bond motifs is 2. The fourth-order valence-electron chi connectivity index (χ4n) is 4.47. The number of nitrogens with zero attached hydrogens (tertiary/aromatic N) is 3. The van der Waals surface area contributed by atoms with Crippen LogP contribution in [0.4, 0.5) is 4.39 Å². The molecule has 6 nitrogen and oxygen atoms in total. The van der Waals surface area contributed by atoms with Gasteiger partial charge in [-0.25, -0.2) is 4.39 Å². The number of hydrogen-bond acceptors (Lipinski definition) is 5. The molecule has 0 radical (unpaired) electrons. The highest BCUT2D eigenvalue weighted by atomic mass is 19.1. The lowest BCUT2D eigenvalue weighted by atomic mass is 9.91. The lowest BCUT2D eigenvalue weighted by molar-refractivity contribution is 0.0958. The summed E-state index contributed by atoms with van der Waals surface area (Å²) < 4.78 is 18.7. The first kappa shape index (κ1) is 19.5. The molecule has 1 aliphatic rings. The zero-order valence-corrected chi connectivity index (χ0v) is 16.9. The van der Waals surface area contributed by atoms with Crippen molar-refractivity contribution in [1.29, 1.82) is 5.26 Å². The number of benzene rings is 2. The van der Waals surface area contributed by atoms with E-state index in [0.29, 0.717) is 29.7 Å². The Labute approximate surface area is 178 Å². The van der Waals surface area contributed by atoms with Gasteiger partial charge in [-0.2, -0.15) is 5.26 Å². The second-order valence-electron chi connectivity index (χ2n) is 8.07. The summed E-state index contributed by atoms with van der Waals surface area (Å²) in [5.41, 5.74) is 3.44. The summed E-state index contributed by atoms with van der Waals surface area (Å²) in [6, 6.07) is 12.0. The van der Waals surface area contributed by atoms with Crippen molar-refractivity contribution in [1.82, 2.24) is 15.0 Å². The summed E-state index contributed by atoms with van der Waals surface area (Å²) in [6.07, 6.45) is 4.01. The maximum atomic E-state index is 13.4. The predicted molar refractivity (Wildman–Crippen MR) is 114 cm³/mol. The summed E-state index contributed by atoms with van der Waals surface area (Å²) in [5.74, 6) is 0.0263. The number of likely N-dealkylation sites (tertiary alicyclic amines) is 1. The van der Waals surface area contributed by atoms with Crippen molar-refractivity contribution >= 4 is 27.7 Å². The van der Waals surface area contributed by atoms with E-state index in [4.69, 9.17) is 9.78 Å². The highest BCUT2D eigenvalue weighted by Crippen LogP contribution is 2.33. The van der Waals surface area contributed by atoms with Crippen molar-refractivity contribution in [2.75, 3.05) is 19.6 Å². The molecule has 3 heterocycles. The number of piperidine rings is 1. The van der Waals surface area contributed by atoms with Gasteiger partial charge in [0, 0.05) is 53.0 Å². The lowest BCUT2D eigenvalue weighted by Gasteiger charge is -2.30. The van der Waals surface area contributed by atoms with Crippen LogP contribution in [0.5, 0.6) is 0 Å². The summed E-state index contributed by atoms with van der Waals surface area (Å²) in [6.45, 7) is 2.45. The fourth-order valence-corrected chi connectivity index (χ4v) is 4.47. The van der Waals surface area contributed by atoms with Crippen LogP contribution in [0.15, 0.2) is 47.1 Å². The molecule has 156 valence electrons. The number of aromatic nitrogens is 2. The van der Waals surface area contributed by atoms with E-state index in [-0.39, 0.29) is 17.5 Å². The van der Waals surface area contributed by atoms with Crippen molar-refractivity contribution in [3.05, 3.63) is 65.2 Å². The molecule has 2 aromatic carbocycles. The van der Waals surface area contributed by atoms with Gasteiger partial charge in [-0.1, -0.05) is 5.16 Å². The van der Waals surface area contributed by atoms with Crippen molar-refractivity contribution in [3.63, 3.8) is 0 Å². The third-order valence-corrected chi connectivity index (χ3v) is 6.20. The normalized spacial score (nSPS) is 15.5. The molecule has 0 spiro atoms. The molecule has 1 aliphatic heterocycles. The summed E-state index contributed by atoms with van der Waals surface area (Å²) >= 11 is 0. The monoisotopic (exact) mass is 416 g/mol. The Kier molecular flexibility index (Phi) is 5.00. The van der Waals surface area contributed by atoms with Gasteiger partial charge in [0.15, 0.2) is 11.4 Å². The zero-order chi connectivity index (χ0) is 21.4. The number of nitrogens with one attached hydrogen (secondary N) is 1. The molecule has 0 aliphatic carbocycles. The number of aromatic amines is 1. The Morgan fingerprint density at radius 2 is 2.06 bits per heavy atom. The minimum atomic E-state index is -0.325. The number of nitriles is 1. The van der Waals surface area contributed by atoms with Crippen LogP contribution < -0.4 is 0 Å². The quantitative estimate of drug-likeness (QED) is 0.474. The smallest absolute Gasteiger partial charge is 0.170 e. The van der Waals surface area contributed by atoms with Gasteiger partial charge in [0.2, 0.25) is 0 Å². The van der Waals surface area contributed by atoms with Crippen molar-refractivity contribution in [2.24, 2.45) is 0 Å². The number of ketones is 1. The third-order valence-electron chi connectivity index (χ3n) is 6.20. The average molecular weight is 416 g/mol. The molecular formula is C24H21FN4O2. The first-order valence-corrected chi connectivity index (χ1v) is 10.4. The number of hydrogen-bond donors (Lipinski definition) is 1. The van der Waals surface area contributed by atoms with E-state index < -0.39 is 0 Å². The van der Waals surface area contributed by atoms with Gasteiger partial charge in [0.1, 0.15) is 5.82 Å². The second-order valence-corrected chi connectivity index (χ2v) is 8.07. The van der Waals surface area contributed by atoms with E-state index in [9.17, 15) is 9.18 Å². The molecule has 0 bridgehead atoms. The summed E-state index contributed by atoms with van der Waals surface area (Å²) in [5, 5.41) is 15.0. The molecule has 0 saturated carbocycles. The number of rotatable bonds is 5. The predicted octanol–water partition coefficient (Wildman–Crippen LogP) is 4.77. The standard InChI is InChI=1S/C24H21FN4O2/c25-17-2-3-18-23(12-17)31-28-24(18)16-5-8-29(9-6-16)10-7-22(30)20-14-27-21-4-1-15(13-26)11-19(20)21/h1-4,11-12,14,16,27H,5-10H2. The molecule has 0 unspecified atom stereocenters. The number of H-pyrrole nitrogens is 1. The summed E-state index contributed by atoms with van der Waals surface area (Å²) in [4.78, 5) is 18.2. The Hall–Kier alpha value is -3.50. The topological polar surface area (TPSA) is 85.9 Å².